The van der Waals surface area contributed by atoms with Gasteiger partial charge in [0.2, 0.25) is 11.8 Å². The Morgan fingerprint density at radius 2 is 1.57 bits per heavy atom. The lowest BCUT2D eigenvalue weighted by Crippen LogP contribution is -2.45. The average Bonchev–Trinajstić information content (AvgIpc) is 3.27. The first-order valence-corrected chi connectivity index (χ1v) is 11.9. The first-order valence-electron chi connectivity index (χ1n) is 11.9. The van der Waals surface area contributed by atoms with E-state index < -0.39 is 17.6 Å². The average molecular weight is 471 g/mol. The Morgan fingerprint density at radius 3 is 2.17 bits per heavy atom. The van der Waals surface area contributed by atoms with Crippen LogP contribution < -0.4 is 10.6 Å². The van der Waals surface area contributed by atoms with Crippen LogP contribution in [0.15, 0.2) is 84.9 Å². The van der Waals surface area contributed by atoms with Crippen LogP contribution in [0.5, 0.6) is 0 Å². The zero-order valence-corrected chi connectivity index (χ0v) is 19.8. The number of amides is 2. The molecule has 3 aromatic carbocycles. The van der Waals surface area contributed by atoms with Crippen molar-refractivity contribution in [2.45, 2.75) is 43.7 Å². The van der Waals surface area contributed by atoms with Gasteiger partial charge in [-0.1, -0.05) is 84.9 Å². The smallest absolute Gasteiger partial charge is 0.333 e. The quantitative estimate of drug-likeness (QED) is 0.455. The molecule has 6 nitrogen and oxygen atoms in total. The number of rotatable bonds is 9. The summed E-state index contributed by atoms with van der Waals surface area (Å²) in [5.74, 6) is -0.779. The Balaban J connectivity index is 1.43. The summed E-state index contributed by atoms with van der Waals surface area (Å²) in [6.07, 6.45) is 2.41. The van der Waals surface area contributed by atoms with Crippen LogP contribution in [0.1, 0.15) is 42.9 Å². The van der Waals surface area contributed by atoms with E-state index in [1.165, 1.54) is 7.11 Å². The zero-order chi connectivity index (χ0) is 24.7. The molecule has 1 fully saturated rings. The molecule has 0 spiro atoms. The van der Waals surface area contributed by atoms with Gasteiger partial charge in [-0.2, -0.15) is 0 Å². The molecule has 1 heterocycles. The molecule has 0 aliphatic carbocycles. The van der Waals surface area contributed by atoms with Gasteiger partial charge in [-0.25, -0.2) is 4.79 Å². The number of hydrogen-bond acceptors (Lipinski definition) is 4. The Bertz CT molecular complexity index is 1160. The summed E-state index contributed by atoms with van der Waals surface area (Å²) >= 11 is 0. The van der Waals surface area contributed by atoms with Crippen molar-refractivity contribution >= 4 is 17.8 Å². The van der Waals surface area contributed by atoms with Gasteiger partial charge in [-0.3, -0.25) is 9.59 Å². The van der Waals surface area contributed by atoms with Crippen LogP contribution in [-0.2, 0) is 25.5 Å². The molecule has 1 aliphatic heterocycles. The fourth-order valence-corrected chi connectivity index (χ4v) is 4.65. The van der Waals surface area contributed by atoms with Crippen LogP contribution >= 0.6 is 0 Å². The second kappa shape index (κ2) is 11.0. The van der Waals surface area contributed by atoms with Gasteiger partial charge in [-0.15, -0.1) is 0 Å². The molecule has 2 amide bonds. The molecule has 6 heteroatoms. The number of carbonyl (C=O) groups excluding carboxylic acids is 3. The SMILES string of the molecule is COC(=O)[C@@H](NC(=O)CCC1(Cc2ccc(-c3ccccc3)cc2)CCC(=O)N1)c1ccccc1. The highest BCUT2D eigenvalue weighted by molar-refractivity contribution is 5.85. The summed E-state index contributed by atoms with van der Waals surface area (Å²) in [5, 5.41) is 5.93. The molecule has 1 unspecified atom stereocenters. The molecule has 0 aromatic heterocycles. The Kier molecular flexibility index (Phi) is 7.60. The number of hydrogen-bond donors (Lipinski definition) is 2. The van der Waals surface area contributed by atoms with E-state index in [0.29, 0.717) is 31.2 Å². The highest BCUT2D eigenvalue weighted by Gasteiger charge is 2.38. The largest absolute Gasteiger partial charge is 0.467 e. The van der Waals surface area contributed by atoms with E-state index in [1.807, 2.05) is 36.4 Å². The maximum absolute atomic E-state index is 12.9. The van der Waals surface area contributed by atoms with E-state index in [0.717, 1.165) is 16.7 Å². The van der Waals surface area contributed by atoms with Crippen molar-refractivity contribution in [3.63, 3.8) is 0 Å². The summed E-state index contributed by atoms with van der Waals surface area (Å²) in [4.78, 5) is 37.3. The van der Waals surface area contributed by atoms with Crippen molar-refractivity contribution in [2.75, 3.05) is 7.11 Å². The second-order valence-corrected chi connectivity index (χ2v) is 9.00. The molecule has 0 radical (unpaired) electrons. The topological polar surface area (TPSA) is 84.5 Å². The van der Waals surface area contributed by atoms with E-state index in [4.69, 9.17) is 4.74 Å². The van der Waals surface area contributed by atoms with Gasteiger partial charge in [-0.05, 0) is 41.5 Å². The van der Waals surface area contributed by atoms with Crippen molar-refractivity contribution in [3.8, 4) is 11.1 Å². The van der Waals surface area contributed by atoms with E-state index in [2.05, 4.69) is 47.0 Å². The minimum atomic E-state index is -0.867. The highest BCUT2D eigenvalue weighted by atomic mass is 16.5. The molecule has 0 bridgehead atoms. The van der Waals surface area contributed by atoms with E-state index >= 15 is 0 Å². The molecular formula is C29H30N2O4. The Hall–Kier alpha value is -3.93. The summed E-state index contributed by atoms with van der Waals surface area (Å²) in [7, 11) is 1.30. The summed E-state index contributed by atoms with van der Waals surface area (Å²) in [5.41, 5.74) is 3.56. The maximum atomic E-state index is 12.9. The Morgan fingerprint density at radius 1 is 0.943 bits per heavy atom. The van der Waals surface area contributed by atoms with Gasteiger partial charge in [0.25, 0.3) is 0 Å². The number of benzene rings is 3. The normalized spacial score (nSPS) is 17.9. The summed E-state index contributed by atoms with van der Waals surface area (Å²) in [6.45, 7) is 0. The molecule has 2 N–H and O–H groups in total. The second-order valence-electron chi connectivity index (χ2n) is 9.00. The fourth-order valence-electron chi connectivity index (χ4n) is 4.65. The lowest BCUT2D eigenvalue weighted by molar-refractivity contribution is -0.145. The predicted octanol–water partition coefficient (Wildman–Crippen LogP) is 4.36. The van der Waals surface area contributed by atoms with Crippen LogP contribution in [0.3, 0.4) is 0 Å². The van der Waals surface area contributed by atoms with Crippen molar-refractivity contribution < 1.29 is 19.1 Å². The number of esters is 1. The van der Waals surface area contributed by atoms with Crippen LogP contribution in [0.2, 0.25) is 0 Å². The lowest BCUT2D eigenvalue weighted by Gasteiger charge is -2.29. The third kappa shape index (κ3) is 6.15. The van der Waals surface area contributed by atoms with Gasteiger partial charge in [0.15, 0.2) is 6.04 Å². The maximum Gasteiger partial charge on any atom is 0.333 e. The molecular weight excluding hydrogens is 440 g/mol. The first-order chi connectivity index (χ1) is 17.0. The number of ether oxygens (including phenoxy) is 1. The van der Waals surface area contributed by atoms with Crippen LogP contribution in [0.4, 0.5) is 0 Å². The molecule has 180 valence electrons. The van der Waals surface area contributed by atoms with E-state index in [-0.39, 0.29) is 18.2 Å². The highest BCUT2D eigenvalue weighted by Crippen LogP contribution is 2.30. The molecule has 0 saturated carbocycles. The van der Waals surface area contributed by atoms with Crippen LogP contribution in [0.25, 0.3) is 11.1 Å². The van der Waals surface area contributed by atoms with Gasteiger partial charge in [0, 0.05) is 18.4 Å². The van der Waals surface area contributed by atoms with Gasteiger partial charge in [0.05, 0.1) is 7.11 Å². The molecule has 4 rings (SSSR count). The van der Waals surface area contributed by atoms with Gasteiger partial charge >= 0.3 is 5.97 Å². The van der Waals surface area contributed by atoms with Crippen LogP contribution in [-0.4, -0.2) is 30.4 Å². The van der Waals surface area contributed by atoms with Gasteiger partial charge < -0.3 is 15.4 Å². The number of methoxy groups -OCH3 is 1. The monoisotopic (exact) mass is 470 g/mol. The predicted molar refractivity (Wildman–Crippen MR) is 134 cm³/mol. The standard InChI is InChI=1S/C29H30N2O4/c1-35-28(34)27(24-10-6-3-7-11-24)30-25(32)16-18-29(19-17-26(33)31-29)20-21-12-14-23(15-13-21)22-8-4-2-5-9-22/h2-15,27H,16-20H2,1H3,(H,30,32)(H,31,33)/t27-,29?/m0/s1. The molecule has 1 aliphatic rings. The minimum absolute atomic E-state index is 0.00281. The summed E-state index contributed by atoms with van der Waals surface area (Å²) in [6, 6.07) is 26.7. The van der Waals surface area contributed by atoms with E-state index in [9.17, 15) is 14.4 Å². The third-order valence-electron chi connectivity index (χ3n) is 6.54. The minimum Gasteiger partial charge on any atom is -0.467 e. The zero-order valence-electron chi connectivity index (χ0n) is 19.8. The van der Waals surface area contributed by atoms with Crippen molar-refractivity contribution in [3.05, 3.63) is 96.1 Å². The molecule has 35 heavy (non-hydrogen) atoms. The first kappa shape index (κ1) is 24.2. The summed E-state index contributed by atoms with van der Waals surface area (Å²) < 4.78 is 4.89. The lowest BCUT2D eigenvalue weighted by atomic mass is 9.84. The number of carbonyl (C=O) groups is 3. The van der Waals surface area contributed by atoms with Gasteiger partial charge in [0.1, 0.15) is 0 Å². The van der Waals surface area contributed by atoms with Crippen LogP contribution in [0, 0.1) is 0 Å². The molecule has 1 saturated heterocycles. The van der Waals surface area contributed by atoms with Crippen molar-refractivity contribution in [1.29, 1.82) is 0 Å². The molecule has 3 aromatic rings. The fraction of sp³-hybridized carbons (Fsp3) is 0.276. The molecule has 2 atom stereocenters. The Labute approximate surface area is 205 Å². The third-order valence-corrected chi connectivity index (χ3v) is 6.54. The number of nitrogens with one attached hydrogen (secondary N) is 2. The van der Waals surface area contributed by atoms with E-state index in [1.54, 1.807) is 12.1 Å². The van der Waals surface area contributed by atoms with Crippen molar-refractivity contribution in [1.82, 2.24) is 10.6 Å². The van der Waals surface area contributed by atoms with Crippen molar-refractivity contribution in [2.24, 2.45) is 0 Å².